The molecule has 2 aromatic rings. The van der Waals surface area contributed by atoms with Gasteiger partial charge in [0.25, 0.3) is 0 Å². The number of aromatic nitrogens is 2. The van der Waals surface area contributed by atoms with Crippen molar-refractivity contribution in [2.45, 2.75) is 0 Å². The van der Waals surface area contributed by atoms with Crippen LogP contribution < -0.4 is 0 Å². The maximum atomic E-state index is 11.6. The van der Waals surface area contributed by atoms with Crippen LogP contribution in [-0.2, 0) is 0 Å². The molecule has 0 aliphatic heterocycles. The van der Waals surface area contributed by atoms with E-state index in [2.05, 4.69) is 10.2 Å². The van der Waals surface area contributed by atoms with Crippen LogP contribution in [0, 0.1) is 0 Å². The molecule has 0 unspecified atom stereocenters. The smallest absolute Gasteiger partial charge is 0.213 e. The molecule has 64 valence electrons. The number of carbonyl (C=O) groups is 1. The number of nitrogens with one attached hydrogen (secondary N) is 1. The molecule has 1 aromatic heterocycles. The van der Waals surface area contributed by atoms with Gasteiger partial charge in [-0.15, -0.1) is 0 Å². The highest BCUT2D eigenvalue weighted by Crippen LogP contribution is 2.05. The first-order valence-electron chi connectivity index (χ1n) is 3.97. The average molecular weight is 172 g/mol. The third kappa shape index (κ3) is 1.49. The van der Waals surface area contributed by atoms with Crippen LogP contribution in [0.4, 0.5) is 0 Å². The topological polar surface area (TPSA) is 45.8 Å². The zero-order chi connectivity index (χ0) is 9.10. The zero-order valence-electron chi connectivity index (χ0n) is 6.90. The van der Waals surface area contributed by atoms with E-state index in [1.165, 1.54) is 0 Å². The normalized spacial score (nSPS) is 9.85. The molecule has 0 amide bonds. The summed E-state index contributed by atoms with van der Waals surface area (Å²) in [6.45, 7) is 0. The number of aromatic amines is 1. The predicted octanol–water partition coefficient (Wildman–Crippen LogP) is 1.64. The van der Waals surface area contributed by atoms with E-state index in [1.807, 2.05) is 18.2 Å². The number of H-pyrrole nitrogens is 1. The molecule has 3 heteroatoms. The first-order chi connectivity index (χ1) is 6.38. The lowest BCUT2D eigenvalue weighted by molar-refractivity contribution is 0.103. The minimum absolute atomic E-state index is 0.0538. The number of hydrogen-bond donors (Lipinski definition) is 1. The summed E-state index contributed by atoms with van der Waals surface area (Å²) < 4.78 is 0. The maximum absolute atomic E-state index is 11.6. The van der Waals surface area contributed by atoms with Crippen molar-refractivity contribution in [3.8, 4) is 0 Å². The van der Waals surface area contributed by atoms with Crippen molar-refractivity contribution in [3.63, 3.8) is 0 Å². The molecule has 13 heavy (non-hydrogen) atoms. The van der Waals surface area contributed by atoms with Gasteiger partial charge in [-0.2, -0.15) is 5.10 Å². The van der Waals surface area contributed by atoms with E-state index >= 15 is 0 Å². The Morgan fingerprint density at radius 1 is 1.15 bits per heavy atom. The summed E-state index contributed by atoms with van der Waals surface area (Å²) in [7, 11) is 0. The summed E-state index contributed by atoms with van der Waals surface area (Å²) in [6, 6.07) is 10.8. The Labute approximate surface area is 75.4 Å². The Morgan fingerprint density at radius 2 is 1.92 bits per heavy atom. The van der Waals surface area contributed by atoms with Gasteiger partial charge in [0.2, 0.25) is 5.78 Å². The molecule has 1 heterocycles. The Bertz CT molecular complexity index is 392. The van der Waals surface area contributed by atoms with E-state index in [0.717, 1.165) is 0 Å². The molecule has 0 aliphatic carbocycles. The second kappa shape index (κ2) is 3.23. The lowest BCUT2D eigenvalue weighted by Crippen LogP contribution is -2.00. The van der Waals surface area contributed by atoms with Crippen LogP contribution in [-0.4, -0.2) is 16.0 Å². The minimum Gasteiger partial charge on any atom is -0.287 e. The fraction of sp³-hybridized carbons (Fsp3) is 0. The summed E-state index contributed by atoms with van der Waals surface area (Å²) in [5, 5.41) is 6.43. The maximum Gasteiger partial charge on any atom is 0.213 e. The second-order valence-corrected chi connectivity index (χ2v) is 2.65. The first kappa shape index (κ1) is 7.73. The number of carbonyl (C=O) groups excluding carboxylic acids is 1. The van der Waals surface area contributed by atoms with Gasteiger partial charge in [0.05, 0.1) is 0 Å². The van der Waals surface area contributed by atoms with Gasteiger partial charge in [-0.25, -0.2) is 0 Å². The summed E-state index contributed by atoms with van der Waals surface area (Å²) in [5.41, 5.74) is 1.11. The van der Waals surface area contributed by atoms with Gasteiger partial charge in [-0.3, -0.25) is 9.89 Å². The van der Waals surface area contributed by atoms with Crippen molar-refractivity contribution in [2.24, 2.45) is 0 Å². The summed E-state index contributed by atoms with van der Waals surface area (Å²) >= 11 is 0. The molecule has 0 saturated carbocycles. The molecule has 0 saturated heterocycles. The van der Waals surface area contributed by atoms with Crippen LogP contribution in [0.1, 0.15) is 16.1 Å². The number of rotatable bonds is 2. The van der Waals surface area contributed by atoms with Gasteiger partial charge in [-0.1, -0.05) is 30.3 Å². The Kier molecular flexibility index (Phi) is 1.92. The van der Waals surface area contributed by atoms with Crippen molar-refractivity contribution in [3.05, 3.63) is 53.9 Å². The molecule has 0 atom stereocenters. The summed E-state index contributed by atoms with van der Waals surface area (Å²) in [4.78, 5) is 11.6. The number of ketones is 1. The Balaban J connectivity index is 2.34. The molecule has 0 spiro atoms. The van der Waals surface area contributed by atoms with Gasteiger partial charge >= 0.3 is 0 Å². The van der Waals surface area contributed by atoms with Crippen LogP contribution in [0.2, 0.25) is 0 Å². The van der Waals surface area contributed by atoms with Crippen LogP contribution in [0.25, 0.3) is 0 Å². The average Bonchev–Trinajstić information content (AvgIpc) is 2.71. The van der Waals surface area contributed by atoms with E-state index in [9.17, 15) is 4.79 Å². The molecule has 3 nitrogen and oxygen atoms in total. The summed E-state index contributed by atoms with van der Waals surface area (Å²) in [6.07, 6.45) is 1.64. The highest BCUT2D eigenvalue weighted by Gasteiger charge is 2.09. The van der Waals surface area contributed by atoms with Crippen LogP contribution in [0.3, 0.4) is 0 Å². The monoisotopic (exact) mass is 172 g/mol. The molecule has 1 N–H and O–H groups in total. The van der Waals surface area contributed by atoms with Crippen molar-refractivity contribution in [1.29, 1.82) is 0 Å². The highest BCUT2D eigenvalue weighted by molar-refractivity contribution is 6.07. The molecule has 0 bridgehead atoms. The molecule has 0 radical (unpaired) electrons. The molecular weight excluding hydrogens is 164 g/mol. The number of hydrogen-bond acceptors (Lipinski definition) is 2. The Morgan fingerprint density at radius 3 is 2.54 bits per heavy atom. The van der Waals surface area contributed by atoms with Gasteiger partial charge in [0.15, 0.2) is 0 Å². The van der Waals surface area contributed by atoms with E-state index in [0.29, 0.717) is 11.3 Å². The third-order valence-electron chi connectivity index (χ3n) is 1.77. The molecule has 0 aliphatic rings. The zero-order valence-corrected chi connectivity index (χ0v) is 6.90. The quantitative estimate of drug-likeness (QED) is 0.700. The van der Waals surface area contributed by atoms with E-state index in [-0.39, 0.29) is 5.78 Å². The van der Waals surface area contributed by atoms with Crippen LogP contribution in [0.5, 0.6) is 0 Å². The number of nitrogens with zero attached hydrogens (tertiary/aromatic N) is 1. The molecule has 1 aromatic carbocycles. The van der Waals surface area contributed by atoms with Crippen LogP contribution >= 0.6 is 0 Å². The fourth-order valence-corrected chi connectivity index (χ4v) is 1.12. The lowest BCUT2D eigenvalue weighted by atomic mass is 10.1. The van der Waals surface area contributed by atoms with Gasteiger partial charge in [0, 0.05) is 11.8 Å². The molecule has 2 rings (SSSR count). The lowest BCUT2D eigenvalue weighted by Gasteiger charge is -1.94. The second-order valence-electron chi connectivity index (χ2n) is 2.65. The number of benzene rings is 1. The van der Waals surface area contributed by atoms with Crippen molar-refractivity contribution in [1.82, 2.24) is 10.2 Å². The van der Waals surface area contributed by atoms with Gasteiger partial charge in [0.1, 0.15) is 5.69 Å². The largest absolute Gasteiger partial charge is 0.287 e. The summed E-state index contributed by atoms with van der Waals surface area (Å²) in [5.74, 6) is -0.0538. The van der Waals surface area contributed by atoms with Gasteiger partial charge < -0.3 is 0 Å². The standard InChI is InChI=1S/C10H8N2O/c13-10(9-6-7-11-12-9)8-4-2-1-3-5-8/h1-7H,(H,11,12). The predicted molar refractivity (Wildman–Crippen MR) is 48.5 cm³/mol. The highest BCUT2D eigenvalue weighted by atomic mass is 16.1. The van der Waals surface area contributed by atoms with E-state index in [4.69, 9.17) is 0 Å². The SMILES string of the molecule is O=C(c1ccccc1)c1cc[nH]n1. The molecule has 0 fully saturated rings. The minimum atomic E-state index is -0.0538. The van der Waals surface area contributed by atoms with E-state index < -0.39 is 0 Å². The van der Waals surface area contributed by atoms with Crippen molar-refractivity contribution < 1.29 is 4.79 Å². The first-order valence-corrected chi connectivity index (χ1v) is 3.97. The fourth-order valence-electron chi connectivity index (χ4n) is 1.12. The van der Waals surface area contributed by atoms with Crippen LogP contribution in [0.15, 0.2) is 42.6 Å². The van der Waals surface area contributed by atoms with Crippen molar-refractivity contribution in [2.75, 3.05) is 0 Å². The van der Waals surface area contributed by atoms with Crippen molar-refractivity contribution >= 4 is 5.78 Å². The molecular formula is C10H8N2O. The Hall–Kier alpha value is -1.90. The third-order valence-corrected chi connectivity index (χ3v) is 1.77. The van der Waals surface area contributed by atoms with Gasteiger partial charge in [-0.05, 0) is 6.07 Å². The van der Waals surface area contributed by atoms with E-state index in [1.54, 1.807) is 24.4 Å².